The maximum absolute atomic E-state index is 12.6. The van der Waals surface area contributed by atoms with Gasteiger partial charge < -0.3 is 14.8 Å². The number of thiophene rings is 1. The number of rotatable bonds is 6. The molecule has 1 aliphatic carbocycles. The van der Waals surface area contributed by atoms with Crippen molar-refractivity contribution in [3.63, 3.8) is 0 Å². The average Bonchev–Trinajstić information content (AvgIpc) is 3.07. The van der Waals surface area contributed by atoms with Crippen LogP contribution in [0, 0.1) is 0 Å². The van der Waals surface area contributed by atoms with Crippen LogP contribution in [-0.4, -0.2) is 30.2 Å². The molecule has 0 saturated heterocycles. The second-order valence-corrected chi connectivity index (χ2v) is 8.99. The molecule has 0 aliphatic heterocycles. The van der Waals surface area contributed by atoms with E-state index in [0.29, 0.717) is 39.6 Å². The van der Waals surface area contributed by atoms with E-state index >= 15 is 0 Å². The second kappa shape index (κ2) is 10.4. The summed E-state index contributed by atoms with van der Waals surface area (Å²) in [5.74, 6) is -0.0442. The Kier molecular flexibility index (Phi) is 7.85. The van der Waals surface area contributed by atoms with Gasteiger partial charge in [0.1, 0.15) is 10.8 Å². The van der Waals surface area contributed by atoms with Crippen LogP contribution in [0.25, 0.3) is 0 Å². The van der Waals surface area contributed by atoms with Gasteiger partial charge in [-0.15, -0.1) is 11.3 Å². The molecule has 0 spiro atoms. The molecule has 160 valence electrons. The first-order valence-corrected chi connectivity index (χ1v) is 11.8. The van der Waals surface area contributed by atoms with Crippen molar-refractivity contribution in [1.82, 2.24) is 5.32 Å². The molecule has 0 radical (unpaired) electrons. The third-order valence-electron chi connectivity index (χ3n) is 4.60. The molecule has 0 fully saturated rings. The van der Waals surface area contributed by atoms with Crippen LogP contribution in [-0.2, 0) is 17.6 Å². The first kappa shape index (κ1) is 22.7. The van der Waals surface area contributed by atoms with E-state index in [1.807, 2.05) is 6.92 Å². The van der Waals surface area contributed by atoms with Crippen LogP contribution in [0.1, 0.15) is 57.8 Å². The Morgan fingerprint density at radius 3 is 2.67 bits per heavy atom. The number of hydrogen-bond donors (Lipinski definition) is 2. The fourth-order valence-corrected chi connectivity index (χ4v) is 5.33. The molecule has 1 aromatic carbocycles. The van der Waals surface area contributed by atoms with Crippen LogP contribution >= 0.6 is 39.5 Å². The smallest absolute Gasteiger partial charge is 0.341 e. The molecule has 0 saturated carbocycles. The molecule has 2 aromatic rings. The molecule has 2 N–H and O–H groups in total. The summed E-state index contributed by atoms with van der Waals surface area (Å²) in [6.45, 7) is 4.51. The minimum atomic E-state index is -0.357. The molecule has 1 amide bonds. The third-order valence-corrected chi connectivity index (χ3v) is 6.63. The van der Waals surface area contributed by atoms with Gasteiger partial charge in [-0.25, -0.2) is 4.79 Å². The van der Waals surface area contributed by atoms with E-state index in [-0.39, 0.29) is 17.0 Å². The summed E-state index contributed by atoms with van der Waals surface area (Å²) in [6, 6.07) is 5.07. The van der Waals surface area contributed by atoms with Crippen molar-refractivity contribution >= 4 is 61.5 Å². The molecule has 30 heavy (non-hydrogen) atoms. The third kappa shape index (κ3) is 5.19. The van der Waals surface area contributed by atoms with Gasteiger partial charge in [0, 0.05) is 10.4 Å². The number of halogens is 1. The number of benzene rings is 1. The van der Waals surface area contributed by atoms with Crippen molar-refractivity contribution in [2.24, 2.45) is 0 Å². The number of anilines is 1. The Bertz CT molecular complexity index is 974. The number of hydrogen-bond acceptors (Lipinski definition) is 6. The van der Waals surface area contributed by atoms with E-state index in [9.17, 15) is 9.59 Å². The second-order valence-electron chi connectivity index (χ2n) is 6.62. The Morgan fingerprint density at radius 2 is 1.97 bits per heavy atom. The van der Waals surface area contributed by atoms with Crippen LogP contribution in [0.4, 0.5) is 5.00 Å². The van der Waals surface area contributed by atoms with Gasteiger partial charge in [-0.3, -0.25) is 10.1 Å². The quantitative estimate of drug-likeness (QED) is 0.416. The van der Waals surface area contributed by atoms with Crippen LogP contribution in [0.5, 0.6) is 5.75 Å². The van der Waals surface area contributed by atoms with Crippen molar-refractivity contribution in [3.05, 3.63) is 44.2 Å². The number of thiocarbonyl (C=S) groups is 1. The normalized spacial score (nSPS) is 12.6. The summed E-state index contributed by atoms with van der Waals surface area (Å²) in [7, 11) is 0. The molecule has 1 aromatic heterocycles. The molecule has 9 heteroatoms. The van der Waals surface area contributed by atoms with E-state index in [2.05, 4.69) is 26.6 Å². The van der Waals surface area contributed by atoms with Gasteiger partial charge in [0.25, 0.3) is 5.91 Å². The van der Waals surface area contributed by atoms with Crippen LogP contribution in [0.3, 0.4) is 0 Å². The highest BCUT2D eigenvalue weighted by atomic mass is 79.9. The van der Waals surface area contributed by atoms with Crippen LogP contribution in [0.2, 0.25) is 0 Å². The molecule has 6 nitrogen and oxygen atoms in total. The van der Waals surface area contributed by atoms with Crippen LogP contribution in [0.15, 0.2) is 22.7 Å². The molecule has 1 aliphatic rings. The first-order chi connectivity index (χ1) is 14.4. The molecular formula is C21H23BrN2O4S2. The minimum absolute atomic E-state index is 0.133. The standard InChI is InChI=1S/C21H23BrN2O4S2/c1-3-27-15-10-9-12(11-14(15)22)18(25)23-21(29)24-19-17(20(26)28-4-2)13-7-5-6-8-16(13)30-19/h9-11H,3-8H2,1-2H3,(H2,23,24,25,29). The SMILES string of the molecule is CCOC(=O)c1c(NC(=S)NC(=O)c2ccc(OCC)c(Br)c2)sc2c1CCCC2. The molecule has 0 bridgehead atoms. The number of ether oxygens (including phenoxy) is 2. The number of carbonyl (C=O) groups excluding carboxylic acids is 2. The van der Waals surface area contributed by atoms with Crippen molar-refractivity contribution in [1.29, 1.82) is 0 Å². The van der Waals surface area contributed by atoms with Gasteiger partial charge >= 0.3 is 5.97 Å². The Labute approximate surface area is 193 Å². The van der Waals surface area contributed by atoms with E-state index in [4.69, 9.17) is 21.7 Å². The fourth-order valence-electron chi connectivity index (χ4n) is 3.30. The predicted molar refractivity (Wildman–Crippen MR) is 126 cm³/mol. The molecular weight excluding hydrogens is 488 g/mol. The molecule has 1 heterocycles. The summed E-state index contributed by atoms with van der Waals surface area (Å²) >= 11 is 10.2. The number of fused-ring (bicyclic) bond motifs is 1. The van der Waals surface area contributed by atoms with Gasteiger partial charge in [-0.1, -0.05) is 0 Å². The number of nitrogens with one attached hydrogen (secondary N) is 2. The maximum atomic E-state index is 12.6. The van der Waals surface area contributed by atoms with Crippen molar-refractivity contribution in [2.45, 2.75) is 39.5 Å². The lowest BCUT2D eigenvalue weighted by Gasteiger charge is -2.13. The van der Waals surface area contributed by atoms with E-state index in [1.54, 1.807) is 25.1 Å². The van der Waals surface area contributed by atoms with Gasteiger partial charge in [-0.2, -0.15) is 0 Å². The Hall–Kier alpha value is -1.97. The van der Waals surface area contributed by atoms with Crippen LogP contribution < -0.4 is 15.4 Å². The van der Waals surface area contributed by atoms with E-state index in [1.165, 1.54) is 16.2 Å². The first-order valence-electron chi connectivity index (χ1n) is 9.80. The highest BCUT2D eigenvalue weighted by Gasteiger charge is 2.27. The summed E-state index contributed by atoms with van der Waals surface area (Å²) < 4.78 is 11.4. The zero-order valence-electron chi connectivity index (χ0n) is 16.8. The summed E-state index contributed by atoms with van der Waals surface area (Å²) in [4.78, 5) is 26.3. The average molecular weight is 511 g/mol. The van der Waals surface area contributed by atoms with Gasteiger partial charge in [0.15, 0.2) is 5.11 Å². The fraction of sp³-hybridized carbons (Fsp3) is 0.381. The van der Waals surface area contributed by atoms with E-state index < -0.39 is 0 Å². The summed E-state index contributed by atoms with van der Waals surface area (Å²) in [5, 5.41) is 6.47. The van der Waals surface area contributed by atoms with E-state index in [0.717, 1.165) is 31.2 Å². The Balaban J connectivity index is 1.74. The monoisotopic (exact) mass is 510 g/mol. The highest BCUT2D eigenvalue weighted by molar-refractivity contribution is 9.10. The number of carbonyl (C=O) groups is 2. The topological polar surface area (TPSA) is 76.7 Å². The van der Waals surface area contributed by atoms with Crippen molar-refractivity contribution in [2.75, 3.05) is 18.5 Å². The predicted octanol–water partition coefficient (Wildman–Crippen LogP) is 5.09. The Morgan fingerprint density at radius 1 is 1.20 bits per heavy atom. The van der Waals surface area contributed by atoms with Gasteiger partial charge in [-0.05, 0) is 91.4 Å². The summed E-state index contributed by atoms with van der Waals surface area (Å²) in [6.07, 6.45) is 3.93. The zero-order chi connectivity index (χ0) is 21.7. The van der Waals surface area contributed by atoms with Gasteiger partial charge in [0.2, 0.25) is 0 Å². The number of aryl methyl sites for hydroxylation is 1. The lowest BCUT2D eigenvalue weighted by molar-refractivity contribution is 0.0526. The largest absolute Gasteiger partial charge is 0.493 e. The lowest BCUT2D eigenvalue weighted by atomic mass is 9.95. The molecule has 3 rings (SSSR count). The van der Waals surface area contributed by atoms with Crippen molar-refractivity contribution < 1.29 is 19.1 Å². The number of amides is 1. The minimum Gasteiger partial charge on any atom is -0.493 e. The lowest BCUT2D eigenvalue weighted by Crippen LogP contribution is -2.34. The highest BCUT2D eigenvalue weighted by Crippen LogP contribution is 2.38. The molecule has 0 unspecified atom stereocenters. The van der Waals surface area contributed by atoms with Crippen molar-refractivity contribution in [3.8, 4) is 5.75 Å². The number of esters is 1. The molecule has 0 atom stereocenters. The summed E-state index contributed by atoms with van der Waals surface area (Å²) in [5.41, 5.74) is 2.01. The van der Waals surface area contributed by atoms with Gasteiger partial charge in [0.05, 0.1) is 23.2 Å². The maximum Gasteiger partial charge on any atom is 0.341 e. The zero-order valence-corrected chi connectivity index (χ0v) is 20.0.